The molecule has 1 heterocycles. The summed E-state index contributed by atoms with van der Waals surface area (Å²) in [7, 11) is 1.70. The molecule has 0 saturated heterocycles. The molecule has 0 fully saturated rings. The van der Waals surface area contributed by atoms with Gasteiger partial charge in [-0.15, -0.1) is 0 Å². The number of carbonyl (C=O) groups excluding carboxylic acids is 1. The third-order valence-corrected chi connectivity index (χ3v) is 2.53. The van der Waals surface area contributed by atoms with E-state index < -0.39 is 5.60 Å². The number of aromatic nitrogens is 1. The van der Waals surface area contributed by atoms with Crippen LogP contribution in [0.2, 0.25) is 0 Å². The molecule has 94 valence electrons. The molecule has 0 saturated carbocycles. The van der Waals surface area contributed by atoms with Crippen molar-refractivity contribution >= 4 is 28.7 Å². The highest BCUT2D eigenvalue weighted by atomic mass is 127. The Morgan fingerprint density at radius 2 is 2.12 bits per heavy atom. The highest BCUT2D eigenvalue weighted by Gasteiger charge is 2.19. The van der Waals surface area contributed by atoms with Crippen LogP contribution in [-0.2, 0) is 11.3 Å². The predicted octanol–water partition coefficient (Wildman–Crippen LogP) is 3.05. The van der Waals surface area contributed by atoms with E-state index in [0.717, 1.165) is 9.26 Å². The lowest BCUT2D eigenvalue weighted by atomic mass is 10.2. The Bertz CT molecular complexity index is 384. The molecular formula is C12H17IN2O2. The van der Waals surface area contributed by atoms with E-state index in [2.05, 4.69) is 27.6 Å². The number of nitrogens with zero attached hydrogens (tertiary/aromatic N) is 2. The lowest BCUT2D eigenvalue weighted by molar-refractivity contribution is 0.0283. The van der Waals surface area contributed by atoms with Crippen LogP contribution in [0.4, 0.5) is 4.79 Å². The van der Waals surface area contributed by atoms with Gasteiger partial charge in [0.15, 0.2) is 0 Å². The van der Waals surface area contributed by atoms with E-state index in [0.29, 0.717) is 6.54 Å². The van der Waals surface area contributed by atoms with Crippen LogP contribution in [0.1, 0.15) is 26.5 Å². The maximum absolute atomic E-state index is 11.7. The van der Waals surface area contributed by atoms with Crippen molar-refractivity contribution in [2.75, 3.05) is 7.05 Å². The topological polar surface area (TPSA) is 42.4 Å². The summed E-state index contributed by atoms with van der Waals surface area (Å²) >= 11 is 2.19. The molecule has 5 heteroatoms. The van der Waals surface area contributed by atoms with Gasteiger partial charge in [-0.2, -0.15) is 0 Å². The van der Waals surface area contributed by atoms with Gasteiger partial charge in [0.2, 0.25) is 0 Å². The molecule has 0 bridgehead atoms. The zero-order valence-electron chi connectivity index (χ0n) is 10.5. The molecule has 1 aromatic rings. The standard InChI is InChI=1S/C12H17IN2O2/c1-12(2,3)17-11(16)15(4)8-10-6-5-9(13)7-14-10/h5-7H,8H2,1-4H3. The van der Waals surface area contributed by atoms with Gasteiger partial charge < -0.3 is 9.64 Å². The summed E-state index contributed by atoms with van der Waals surface area (Å²) in [5.74, 6) is 0. The molecule has 0 radical (unpaired) electrons. The Morgan fingerprint density at radius 1 is 1.47 bits per heavy atom. The Kier molecular flexibility index (Phi) is 4.73. The van der Waals surface area contributed by atoms with Crippen LogP contribution in [0, 0.1) is 3.57 Å². The maximum atomic E-state index is 11.7. The van der Waals surface area contributed by atoms with Crippen LogP contribution in [0.5, 0.6) is 0 Å². The summed E-state index contributed by atoms with van der Waals surface area (Å²) in [5, 5.41) is 0. The van der Waals surface area contributed by atoms with Gasteiger partial charge in [-0.25, -0.2) is 4.79 Å². The average molecular weight is 348 g/mol. The first-order chi connectivity index (χ1) is 7.78. The van der Waals surface area contributed by atoms with Crippen LogP contribution >= 0.6 is 22.6 Å². The van der Waals surface area contributed by atoms with Crippen molar-refractivity contribution in [3.8, 4) is 0 Å². The summed E-state index contributed by atoms with van der Waals surface area (Å²) in [6, 6.07) is 3.87. The van der Waals surface area contributed by atoms with E-state index >= 15 is 0 Å². The number of hydrogen-bond acceptors (Lipinski definition) is 3. The van der Waals surface area contributed by atoms with Gasteiger partial charge in [-0.05, 0) is 55.5 Å². The molecule has 0 atom stereocenters. The van der Waals surface area contributed by atoms with Crippen molar-refractivity contribution in [1.82, 2.24) is 9.88 Å². The Balaban J connectivity index is 2.57. The number of amides is 1. The number of rotatable bonds is 2. The first-order valence-electron chi connectivity index (χ1n) is 5.32. The Hall–Kier alpha value is -0.850. The molecule has 0 aliphatic rings. The second-order valence-electron chi connectivity index (χ2n) is 4.80. The van der Waals surface area contributed by atoms with Crippen molar-refractivity contribution in [3.63, 3.8) is 0 Å². The Morgan fingerprint density at radius 3 is 2.59 bits per heavy atom. The number of pyridine rings is 1. The van der Waals surface area contributed by atoms with Crippen LogP contribution in [-0.4, -0.2) is 28.6 Å². The summed E-state index contributed by atoms with van der Waals surface area (Å²) < 4.78 is 6.33. The normalized spacial score (nSPS) is 11.1. The third kappa shape index (κ3) is 5.34. The van der Waals surface area contributed by atoms with Gasteiger partial charge in [0.05, 0.1) is 12.2 Å². The van der Waals surface area contributed by atoms with Crippen molar-refractivity contribution in [3.05, 3.63) is 27.6 Å². The first kappa shape index (κ1) is 14.2. The monoisotopic (exact) mass is 348 g/mol. The van der Waals surface area contributed by atoms with E-state index in [1.165, 1.54) is 4.90 Å². The van der Waals surface area contributed by atoms with Gasteiger partial charge in [0.25, 0.3) is 0 Å². The lowest BCUT2D eigenvalue weighted by Gasteiger charge is -2.24. The molecule has 0 aliphatic heterocycles. The molecule has 0 aliphatic carbocycles. The molecule has 0 aromatic carbocycles. The fourth-order valence-electron chi connectivity index (χ4n) is 1.15. The van der Waals surface area contributed by atoms with E-state index in [4.69, 9.17) is 4.74 Å². The smallest absolute Gasteiger partial charge is 0.410 e. The van der Waals surface area contributed by atoms with E-state index in [9.17, 15) is 4.79 Å². The van der Waals surface area contributed by atoms with Crippen LogP contribution in [0.15, 0.2) is 18.3 Å². The number of hydrogen-bond donors (Lipinski definition) is 0. The van der Waals surface area contributed by atoms with Crippen molar-refractivity contribution in [2.45, 2.75) is 32.9 Å². The van der Waals surface area contributed by atoms with Gasteiger partial charge in [-0.1, -0.05) is 0 Å². The van der Waals surface area contributed by atoms with Crippen molar-refractivity contribution < 1.29 is 9.53 Å². The Labute approximate surface area is 116 Å². The number of halogens is 1. The highest BCUT2D eigenvalue weighted by Crippen LogP contribution is 2.11. The fraction of sp³-hybridized carbons (Fsp3) is 0.500. The molecular weight excluding hydrogens is 331 g/mol. The van der Waals surface area contributed by atoms with E-state index in [-0.39, 0.29) is 6.09 Å². The summed E-state index contributed by atoms with van der Waals surface area (Å²) in [6.07, 6.45) is 1.44. The zero-order valence-corrected chi connectivity index (χ0v) is 12.7. The quantitative estimate of drug-likeness (QED) is 0.772. The average Bonchev–Trinajstić information content (AvgIpc) is 2.19. The van der Waals surface area contributed by atoms with Crippen molar-refractivity contribution in [1.29, 1.82) is 0 Å². The van der Waals surface area contributed by atoms with Crippen LogP contribution < -0.4 is 0 Å². The molecule has 17 heavy (non-hydrogen) atoms. The molecule has 1 rings (SSSR count). The SMILES string of the molecule is CN(Cc1ccc(I)cn1)C(=O)OC(C)(C)C. The molecule has 4 nitrogen and oxygen atoms in total. The minimum Gasteiger partial charge on any atom is -0.444 e. The number of ether oxygens (including phenoxy) is 1. The first-order valence-corrected chi connectivity index (χ1v) is 6.40. The van der Waals surface area contributed by atoms with Crippen molar-refractivity contribution in [2.24, 2.45) is 0 Å². The predicted molar refractivity (Wildman–Crippen MR) is 74.7 cm³/mol. The van der Waals surface area contributed by atoms with Gasteiger partial charge in [0.1, 0.15) is 5.60 Å². The van der Waals surface area contributed by atoms with Gasteiger partial charge >= 0.3 is 6.09 Å². The molecule has 1 amide bonds. The van der Waals surface area contributed by atoms with Crippen LogP contribution in [0.25, 0.3) is 0 Å². The summed E-state index contributed by atoms with van der Waals surface area (Å²) in [5.41, 5.74) is 0.379. The minimum absolute atomic E-state index is 0.335. The van der Waals surface area contributed by atoms with E-state index in [1.807, 2.05) is 32.9 Å². The van der Waals surface area contributed by atoms with Gasteiger partial charge in [0, 0.05) is 16.8 Å². The molecule has 1 aromatic heterocycles. The van der Waals surface area contributed by atoms with Crippen LogP contribution in [0.3, 0.4) is 0 Å². The minimum atomic E-state index is -0.467. The fourth-order valence-corrected chi connectivity index (χ4v) is 1.47. The zero-order chi connectivity index (χ0) is 13.1. The summed E-state index contributed by atoms with van der Waals surface area (Å²) in [6.45, 7) is 6.00. The molecule has 0 N–H and O–H groups in total. The number of carbonyl (C=O) groups is 1. The second-order valence-corrected chi connectivity index (χ2v) is 6.05. The maximum Gasteiger partial charge on any atom is 0.410 e. The second kappa shape index (κ2) is 5.66. The largest absolute Gasteiger partial charge is 0.444 e. The summed E-state index contributed by atoms with van der Waals surface area (Å²) in [4.78, 5) is 17.5. The van der Waals surface area contributed by atoms with E-state index in [1.54, 1.807) is 13.2 Å². The molecule has 0 unspecified atom stereocenters. The highest BCUT2D eigenvalue weighted by molar-refractivity contribution is 14.1. The third-order valence-electron chi connectivity index (χ3n) is 1.89. The van der Waals surface area contributed by atoms with Gasteiger partial charge in [-0.3, -0.25) is 4.98 Å². The molecule has 0 spiro atoms. The lowest BCUT2D eigenvalue weighted by Crippen LogP contribution is -2.34.